The number of carbonyl (C=O) groups excluding carboxylic acids is 1. The molecule has 4 heteroatoms. The Morgan fingerprint density at radius 2 is 2.24 bits per heavy atom. The van der Waals surface area contributed by atoms with Gasteiger partial charge in [0.15, 0.2) is 0 Å². The van der Waals surface area contributed by atoms with Crippen LogP contribution >= 0.6 is 0 Å². The number of anilines is 1. The van der Waals surface area contributed by atoms with Gasteiger partial charge in [-0.25, -0.2) is 0 Å². The van der Waals surface area contributed by atoms with Gasteiger partial charge in [0.2, 0.25) is 0 Å². The number of benzene rings is 1. The lowest BCUT2D eigenvalue weighted by atomic mass is 10.1. The fraction of sp³-hybridized carbons (Fsp3) is 0.462. The zero-order valence-corrected chi connectivity index (χ0v) is 10.3. The van der Waals surface area contributed by atoms with Crippen LogP contribution in [0.3, 0.4) is 0 Å². The molecule has 17 heavy (non-hydrogen) atoms. The topological polar surface area (TPSA) is 41.6 Å². The third-order valence-electron chi connectivity index (χ3n) is 3.19. The van der Waals surface area contributed by atoms with Gasteiger partial charge in [-0.05, 0) is 18.6 Å². The van der Waals surface area contributed by atoms with Crippen molar-refractivity contribution in [3.8, 4) is 0 Å². The molecule has 0 bridgehead atoms. The van der Waals surface area contributed by atoms with Gasteiger partial charge >= 0.3 is 0 Å². The van der Waals surface area contributed by atoms with Crippen molar-refractivity contribution < 1.29 is 9.53 Å². The summed E-state index contributed by atoms with van der Waals surface area (Å²) in [6, 6.07) is 7.58. The van der Waals surface area contributed by atoms with E-state index in [1.807, 2.05) is 36.2 Å². The van der Waals surface area contributed by atoms with Gasteiger partial charge in [0.05, 0.1) is 11.7 Å². The van der Waals surface area contributed by atoms with Gasteiger partial charge in [0.1, 0.15) is 0 Å². The lowest BCUT2D eigenvalue weighted by Crippen LogP contribution is -2.30. The Bertz CT molecular complexity index is 406. The summed E-state index contributed by atoms with van der Waals surface area (Å²) in [7, 11) is 3.52. The number of nitrogens with zero attached hydrogens (tertiary/aromatic N) is 1. The maximum absolute atomic E-state index is 12.3. The Kier molecular flexibility index (Phi) is 3.64. The van der Waals surface area contributed by atoms with E-state index in [0.29, 0.717) is 6.54 Å². The highest BCUT2D eigenvalue weighted by Crippen LogP contribution is 2.20. The minimum atomic E-state index is 0.0782. The van der Waals surface area contributed by atoms with E-state index < -0.39 is 0 Å². The monoisotopic (exact) mass is 234 g/mol. The van der Waals surface area contributed by atoms with Crippen molar-refractivity contribution in [1.29, 1.82) is 0 Å². The molecule has 92 valence electrons. The summed E-state index contributed by atoms with van der Waals surface area (Å²) in [6.45, 7) is 1.46. The van der Waals surface area contributed by atoms with E-state index in [1.54, 1.807) is 7.11 Å². The summed E-state index contributed by atoms with van der Waals surface area (Å²) in [5.41, 5.74) is 1.60. The van der Waals surface area contributed by atoms with Gasteiger partial charge in [0.25, 0.3) is 5.91 Å². The van der Waals surface area contributed by atoms with E-state index in [0.717, 1.165) is 24.2 Å². The zero-order chi connectivity index (χ0) is 12.3. The van der Waals surface area contributed by atoms with Crippen molar-refractivity contribution in [2.24, 2.45) is 0 Å². The number of ether oxygens (including phenoxy) is 1. The van der Waals surface area contributed by atoms with Crippen LogP contribution in [0, 0.1) is 0 Å². The first-order valence-electron chi connectivity index (χ1n) is 5.85. The van der Waals surface area contributed by atoms with Crippen molar-refractivity contribution in [3.05, 3.63) is 29.8 Å². The molecule has 0 radical (unpaired) electrons. The van der Waals surface area contributed by atoms with Crippen LogP contribution in [0.4, 0.5) is 5.69 Å². The van der Waals surface area contributed by atoms with Gasteiger partial charge in [-0.2, -0.15) is 0 Å². The second kappa shape index (κ2) is 5.19. The Hall–Kier alpha value is -1.55. The molecular formula is C13H18N2O2. The molecule has 0 saturated carbocycles. The second-order valence-electron chi connectivity index (χ2n) is 4.19. The van der Waals surface area contributed by atoms with Crippen molar-refractivity contribution in [3.63, 3.8) is 0 Å². The van der Waals surface area contributed by atoms with E-state index in [1.165, 1.54) is 0 Å². The third-order valence-corrected chi connectivity index (χ3v) is 3.19. The predicted molar refractivity (Wildman–Crippen MR) is 67.3 cm³/mol. The van der Waals surface area contributed by atoms with E-state index in [9.17, 15) is 4.79 Å². The van der Waals surface area contributed by atoms with E-state index in [2.05, 4.69) is 5.32 Å². The summed E-state index contributed by atoms with van der Waals surface area (Å²) in [4.78, 5) is 14.2. The number of hydrogen-bond acceptors (Lipinski definition) is 3. The molecule has 1 heterocycles. The summed E-state index contributed by atoms with van der Waals surface area (Å²) in [6.07, 6.45) is 1.10. The minimum absolute atomic E-state index is 0.0782. The molecule has 1 atom stereocenters. The van der Waals surface area contributed by atoms with Gasteiger partial charge < -0.3 is 15.0 Å². The van der Waals surface area contributed by atoms with Crippen LogP contribution in [0.1, 0.15) is 16.8 Å². The molecule has 1 saturated heterocycles. The van der Waals surface area contributed by atoms with E-state index in [4.69, 9.17) is 4.74 Å². The molecule has 0 aliphatic carbocycles. The minimum Gasteiger partial charge on any atom is -0.387 e. The maximum Gasteiger partial charge on any atom is 0.256 e. The van der Waals surface area contributed by atoms with Gasteiger partial charge in [-0.1, -0.05) is 12.1 Å². The van der Waals surface area contributed by atoms with Crippen molar-refractivity contribution in [2.75, 3.05) is 32.6 Å². The summed E-state index contributed by atoms with van der Waals surface area (Å²) < 4.78 is 5.27. The van der Waals surface area contributed by atoms with Crippen molar-refractivity contribution in [1.82, 2.24) is 4.90 Å². The quantitative estimate of drug-likeness (QED) is 0.863. The standard InChI is InChI=1S/C13H18N2O2/c1-14-12-6-4-3-5-11(12)13(16)15-8-7-10(9-15)17-2/h3-6,10,14H,7-9H2,1-2H3. The smallest absolute Gasteiger partial charge is 0.256 e. The average Bonchev–Trinajstić information content (AvgIpc) is 2.86. The Balaban J connectivity index is 2.15. The van der Waals surface area contributed by atoms with Crippen LogP contribution in [0.15, 0.2) is 24.3 Å². The van der Waals surface area contributed by atoms with Crippen LogP contribution < -0.4 is 5.32 Å². The maximum atomic E-state index is 12.3. The predicted octanol–water partition coefficient (Wildman–Crippen LogP) is 1.59. The fourth-order valence-electron chi connectivity index (χ4n) is 2.16. The van der Waals surface area contributed by atoms with Crippen LogP contribution in [0.5, 0.6) is 0 Å². The third kappa shape index (κ3) is 2.42. The van der Waals surface area contributed by atoms with Crippen LogP contribution in [0.25, 0.3) is 0 Å². The highest BCUT2D eigenvalue weighted by molar-refractivity contribution is 5.99. The molecule has 1 aromatic carbocycles. The second-order valence-corrected chi connectivity index (χ2v) is 4.19. The Morgan fingerprint density at radius 3 is 2.88 bits per heavy atom. The number of amides is 1. The molecule has 1 amide bonds. The molecule has 1 aromatic rings. The molecule has 1 N–H and O–H groups in total. The molecule has 4 nitrogen and oxygen atoms in total. The Morgan fingerprint density at radius 1 is 1.47 bits per heavy atom. The van der Waals surface area contributed by atoms with Crippen LogP contribution in [-0.4, -0.2) is 44.2 Å². The number of hydrogen-bond donors (Lipinski definition) is 1. The molecule has 2 rings (SSSR count). The highest BCUT2D eigenvalue weighted by atomic mass is 16.5. The number of carbonyl (C=O) groups is 1. The van der Waals surface area contributed by atoms with Crippen molar-refractivity contribution >= 4 is 11.6 Å². The molecule has 1 unspecified atom stereocenters. The summed E-state index contributed by atoms with van der Waals surface area (Å²) in [5.74, 6) is 0.0782. The summed E-state index contributed by atoms with van der Waals surface area (Å²) >= 11 is 0. The van der Waals surface area contributed by atoms with Crippen LogP contribution in [0.2, 0.25) is 0 Å². The first-order valence-corrected chi connectivity index (χ1v) is 5.85. The molecule has 0 spiro atoms. The molecule has 0 aromatic heterocycles. The largest absolute Gasteiger partial charge is 0.387 e. The van der Waals surface area contributed by atoms with Gasteiger partial charge in [-0.15, -0.1) is 0 Å². The SMILES string of the molecule is CNc1ccccc1C(=O)N1CCC(OC)C1. The van der Waals surface area contributed by atoms with E-state index in [-0.39, 0.29) is 12.0 Å². The number of nitrogens with one attached hydrogen (secondary N) is 1. The normalized spacial score (nSPS) is 19.4. The van der Waals surface area contributed by atoms with Crippen LogP contribution in [-0.2, 0) is 4.74 Å². The summed E-state index contributed by atoms with van der Waals surface area (Å²) in [5, 5.41) is 3.05. The number of likely N-dealkylation sites (tertiary alicyclic amines) is 1. The molecular weight excluding hydrogens is 216 g/mol. The number of rotatable bonds is 3. The number of methoxy groups -OCH3 is 1. The first-order chi connectivity index (χ1) is 8.26. The molecule has 1 aliphatic rings. The van der Waals surface area contributed by atoms with E-state index >= 15 is 0 Å². The van der Waals surface area contributed by atoms with Gasteiger partial charge in [-0.3, -0.25) is 4.79 Å². The molecule has 1 fully saturated rings. The average molecular weight is 234 g/mol. The van der Waals surface area contributed by atoms with Crippen molar-refractivity contribution in [2.45, 2.75) is 12.5 Å². The fourth-order valence-corrected chi connectivity index (χ4v) is 2.16. The number of para-hydroxylation sites is 1. The lowest BCUT2D eigenvalue weighted by Gasteiger charge is -2.18. The highest BCUT2D eigenvalue weighted by Gasteiger charge is 2.27. The first kappa shape index (κ1) is 11.9. The Labute approximate surface area is 102 Å². The molecule has 1 aliphatic heterocycles. The van der Waals surface area contributed by atoms with Gasteiger partial charge in [0, 0.05) is 32.9 Å². The zero-order valence-electron chi connectivity index (χ0n) is 10.3. The lowest BCUT2D eigenvalue weighted by molar-refractivity contribution is 0.0725.